The Morgan fingerprint density at radius 3 is 2.50 bits per heavy atom. The number of ether oxygens (including phenoxy) is 1. The lowest BCUT2D eigenvalue weighted by atomic mass is 10.2. The van der Waals surface area contributed by atoms with Gasteiger partial charge in [-0.05, 0) is 18.9 Å². The Bertz CT molecular complexity index is 64.8. The lowest BCUT2D eigenvalue weighted by molar-refractivity contribution is 0.267. The molecule has 0 aromatic heterocycles. The molecule has 0 atom stereocenters. The van der Waals surface area contributed by atoms with Crippen molar-refractivity contribution in [2.45, 2.75) is 20.8 Å². The van der Waals surface area contributed by atoms with Crippen molar-refractivity contribution in [1.29, 1.82) is 0 Å². The van der Waals surface area contributed by atoms with Gasteiger partial charge in [0.2, 0.25) is 0 Å². The highest BCUT2D eigenvalue weighted by atomic mass is 16.5. The molecule has 0 amide bonds. The molecule has 0 unspecified atom stereocenters. The normalized spacial score (nSPS) is 11.0. The molecule has 0 rings (SSSR count). The summed E-state index contributed by atoms with van der Waals surface area (Å²) in [5.74, 6) is 0.599. The summed E-state index contributed by atoms with van der Waals surface area (Å²) in [4.78, 5) is 0. The number of hydrogen-bond donors (Lipinski definition) is 0. The molecule has 1 heteroatoms. The second-order valence-electron chi connectivity index (χ2n) is 2.03. The Morgan fingerprint density at radius 1 is 1.50 bits per heavy atom. The van der Waals surface area contributed by atoms with Gasteiger partial charge in [0.25, 0.3) is 0 Å². The summed E-state index contributed by atoms with van der Waals surface area (Å²) in [6.07, 6.45) is 3.79. The van der Waals surface area contributed by atoms with Crippen LogP contribution in [0.5, 0.6) is 0 Å². The van der Waals surface area contributed by atoms with Crippen molar-refractivity contribution in [2.75, 3.05) is 6.61 Å². The van der Waals surface area contributed by atoms with E-state index in [0.717, 1.165) is 6.61 Å². The average molecular weight is 114 g/mol. The molecule has 0 aliphatic heterocycles. The number of hydrogen-bond acceptors (Lipinski definition) is 1. The Kier molecular flexibility index (Phi) is 4.42. The van der Waals surface area contributed by atoms with Crippen molar-refractivity contribution in [2.24, 2.45) is 5.92 Å². The summed E-state index contributed by atoms with van der Waals surface area (Å²) in [5, 5.41) is 0. The van der Waals surface area contributed by atoms with Gasteiger partial charge in [-0.3, -0.25) is 0 Å². The van der Waals surface area contributed by atoms with E-state index >= 15 is 0 Å². The van der Waals surface area contributed by atoms with Crippen molar-refractivity contribution in [1.82, 2.24) is 0 Å². The third-order valence-corrected chi connectivity index (χ3v) is 0.726. The predicted molar refractivity (Wildman–Crippen MR) is 35.6 cm³/mol. The van der Waals surface area contributed by atoms with Crippen molar-refractivity contribution >= 4 is 0 Å². The van der Waals surface area contributed by atoms with Gasteiger partial charge in [-0.15, -0.1) is 0 Å². The zero-order chi connectivity index (χ0) is 6.41. The van der Waals surface area contributed by atoms with Gasteiger partial charge in [-0.25, -0.2) is 0 Å². The van der Waals surface area contributed by atoms with E-state index in [1.54, 1.807) is 6.26 Å². The molecule has 1 nitrogen and oxygen atoms in total. The van der Waals surface area contributed by atoms with E-state index in [4.69, 9.17) is 4.74 Å². The topological polar surface area (TPSA) is 9.23 Å². The Morgan fingerprint density at radius 2 is 2.12 bits per heavy atom. The van der Waals surface area contributed by atoms with Crippen molar-refractivity contribution in [3.63, 3.8) is 0 Å². The molecular weight excluding hydrogens is 100 g/mol. The third kappa shape index (κ3) is 5.54. The molecule has 8 heavy (non-hydrogen) atoms. The fraction of sp³-hybridized carbons (Fsp3) is 0.714. The van der Waals surface area contributed by atoms with E-state index in [-0.39, 0.29) is 0 Å². The standard InChI is InChI=1S/C7H14O/c1-4-8-6-5-7(2)3/h5-7H,4H2,1-3H3/b6-5+. The van der Waals surface area contributed by atoms with Gasteiger partial charge in [0.05, 0.1) is 12.9 Å². The van der Waals surface area contributed by atoms with Crippen molar-refractivity contribution in [3.05, 3.63) is 12.3 Å². The van der Waals surface area contributed by atoms with Crippen LogP contribution >= 0.6 is 0 Å². The van der Waals surface area contributed by atoms with Crippen LogP contribution in [0.3, 0.4) is 0 Å². The average Bonchev–Trinajstić information content (AvgIpc) is 1.66. The molecule has 0 fully saturated rings. The van der Waals surface area contributed by atoms with Gasteiger partial charge >= 0.3 is 0 Å². The molecule has 0 saturated heterocycles. The summed E-state index contributed by atoms with van der Waals surface area (Å²) in [6.45, 7) is 6.99. The minimum atomic E-state index is 0.599. The molecule has 48 valence electrons. The predicted octanol–water partition coefficient (Wildman–Crippen LogP) is 2.19. The molecule has 0 aromatic carbocycles. The van der Waals surface area contributed by atoms with E-state index in [2.05, 4.69) is 13.8 Å². The summed E-state index contributed by atoms with van der Waals surface area (Å²) < 4.78 is 4.96. The van der Waals surface area contributed by atoms with Crippen LogP contribution in [0.15, 0.2) is 12.3 Å². The van der Waals surface area contributed by atoms with Crippen LogP contribution in [0.1, 0.15) is 20.8 Å². The minimum Gasteiger partial charge on any atom is -0.502 e. The highest BCUT2D eigenvalue weighted by Crippen LogP contribution is 1.92. The van der Waals surface area contributed by atoms with Crippen LogP contribution in [0.25, 0.3) is 0 Å². The monoisotopic (exact) mass is 114 g/mol. The smallest absolute Gasteiger partial charge is 0.0845 e. The van der Waals surface area contributed by atoms with Crippen LogP contribution in [0, 0.1) is 5.92 Å². The van der Waals surface area contributed by atoms with Crippen molar-refractivity contribution < 1.29 is 4.74 Å². The maximum Gasteiger partial charge on any atom is 0.0845 e. The van der Waals surface area contributed by atoms with Gasteiger partial charge < -0.3 is 4.74 Å². The number of rotatable bonds is 3. The molecular formula is C7H14O. The molecule has 0 aliphatic carbocycles. The van der Waals surface area contributed by atoms with E-state index < -0.39 is 0 Å². The minimum absolute atomic E-state index is 0.599. The first-order chi connectivity index (χ1) is 3.77. The quantitative estimate of drug-likeness (QED) is 0.511. The van der Waals surface area contributed by atoms with Crippen LogP contribution < -0.4 is 0 Å². The molecule has 0 aliphatic rings. The molecule has 0 radical (unpaired) electrons. The molecule has 0 heterocycles. The largest absolute Gasteiger partial charge is 0.502 e. The molecule has 0 N–H and O–H groups in total. The zero-order valence-electron chi connectivity index (χ0n) is 5.85. The van der Waals surface area contributed by atoms with E-state index in [9.17, 15) is 0 Å². The van der Waals surface area contributed by atoms with Crippen LogP contribution in [-0.2, 0) is 4.74 Å². The van der Waals surface area contributed by atoms with Crippen LogP contribution in [0.4, 0.5) is 0 Å². The van der Waals surface area contributed by atoms with Gasteiger partial charge in [-0.1, -0.05) is 13.8 Å². The summed E-state index contributed by atoms with van der Waals surface area (Å²) >= 11 is 0. The second-order valence-corrected chi connectivity index (χ2v) is 2.03. The lowest BCUT2D eigenvalue weighted by Crippen LogP contribution is -1.80. The summed E-state index contributed by atoms with van der Waals surface area (Å²) in [6, 6.07) is 0. The van der Waals surface area contributed by atoms with Crippen LogP contribution in [0.2, 0.25) is 0 Å². The third-order valence-electron chi connectivity index (χ3n) is 0.726. The fourth-order valence-electron chi connectivity index (χ4n) is 0.309. The van der Waals surface area contributed by atoms with Gasteiger partial charge in [0.15, 0.2) is 0 Å². The lowest BCUT2D eigenvalue weighted by Gasteiger charge is -1.94. The van der Waals surface area contributed by atoms with E-state index in [1.165, 1.54) is 0 Å². The SMILES string of the molecule is CCO/C=C/C(C)C. The highest BCUT2D eigenvalue weighted by molar-refractivity contribution is 4.76. The summed E-state index contributed by atoms with van der Waals surface area (Å²) in [5.41, 5.74) is 0. The molecule has 0 spiro atoms. The maximum atomic E-state index is 4.96. The highest BCUT2D eigenvalue weighted by Gasteiger charge is 1.80. The van der Waals surface area contributed by atoms with E-state index in [0.29, 0.717) is 5.92 Å². The van der Waals surface area contributed by atoms with Gasteiger partial charge in [0.1, 0.15) is 0 Å². The first kappa shape index (κ1) is 7.54. The molecule has 0 bridgehead atoms. The molecule has 0 aromatic rings. The number of allylic oxidation sites excluding steroid dienone is 1. The fourth-order valence-corrected chi connectivity index (χ4v) is 0.309. The van der Waals surface area contributed by atoms with Gasteiger partial charge in [-0.2, -0.15) is 0 Å². The Hall–Kier alpha value is -0.460. The summed E-state index contributed by atoms with van der Waals surface area (Å²) in [7, 11) is 0. The van der Waals surface area contributed by atoms with Crippen LogP contribution in [-0.4, -0.2) is 6.61 Å². The first-order valence-electron chi connectivity index (χ1n) is 3.05. The Balaban J connectivity index is 3.07. The second kappa shape index (κ2) is 4.69. The zero-order valence-corrected chi connectivity index (χ0v) is 5.85. The van der Waals surface area contributed by atoms with Gasteiger partial charge in [0, 0.05) is 0 Å². The molecule has 0 saturated carbocycles. The van der Waals surface area contributed by atoms with E-state index in [1.807, 2.05) is 13.0 Å². The Labute approximate surface area is 51.4 Å². The first-order valence-corrected chi connectivity index (χ1v) is 3.05. The maximum absolute atomic E-state index is 4.96. The van der Waals surface area contributed by atoms with Crippen molar-refractivity contribution in [3.8, 4) is 0 Å².